The number of aliphatic hydroxyl groups excluding tert-OH is 10. The van der Waals surface area contributed by atoms with Crippen LogP contribution in [-0.2, 0) is 38.0 Å². The van der Waals surface area contributed by atoms with Crippen molar-refractivity contribution in [1.82, 2.24) is 0 Å². The largest absolute Gasteiger partial charge is 0.481 e. The van der Waals surface area contributed by atoms with E-state index in [9.17, 15) is 0 Å². The molecule has 2 aliphatic rings. The van der Waals surface area contributed by atoms with Crippen LogP contribution in [0.1, 0.15) is 6.92 Å². The zero-order valence-electron chi connectivity index (χ0n) is 23.9. The highest BCUT2D eigenvalue weighted by molar-refractivity contribution is 5.62. The molecule has 2 heterocycles. The summed E-state index contributed by atoms with van der Waals surface area (Å²) in [6.07, 6.45) is -10.9. The second-order valence-electron chi connectivity index (χ2n) is 8.85. The Balaban J connectivity index is 0.000000904. The van der Waals surface area contributed by atoms with Crippen molar-refractivity contribution in [1.29, 1.82) is 0 Å². The standard InChI is InChI=1S/C16H32O11.C6H12O6.C2H4O2/c17-1-6-22-11-12-13(23-7-2-18)14(24-8-3-19)15(25-9-4-20)16(27-12)26-10-5-21;7-1-2-3(8)4(9)5(10)6(11)12-2;1-2(3)4/h12-21H,1-11H2;2-11H,1H2;1H3,(H,3,4)/t12-,13-,14+,15-,16+;2-,3-,4+,5-,6+;/m11./s1. The van der Waals surface area contributed by atoms with Crippen LogP contribution in [0.3, 0.4) is 0 Å². The monoisotopic (exact) mass is 640 g/mol. The molecule has 0 aromatic carbocycles. The van der Waals surface area contributed by atoms with Crippen molar-refractivity contribution in [2.45, 2.75) is 68.3 Å². The van der Waals surface area contributed by atoms with Crippen molar-refractivity contribution in [2.24, 2.45) is 0 Å². The van der Waals surface area contributed by atoms with Crippen LogP contribution in [-0.4, -0.2) is 203 Å². The lowest BCUT2D eigenvalue weighted by Crippen LogP contribution is -2.62. The topological polar surface area (TPSA) is 304 Å². The second-order valence-corrected chi connectivity index (χ2v) is 8.85. The molecule has 10 atom stereocenters. The Morgan fingerprint density at radius 2 is 1.07 bits per heavy atom. The van der Waals surface area contributed by atoms with Crippen molar-refractivity contribution in [3.8, 4) is 0 Å². The summed E-state index contributed by atoms with van der Waals surface area (Å²) in [6, 6.07) is 0. The number of hydrogen-bond acceptors (Lipinski definition) is 18. The van der Waals surface area contributed by atoms with E-state index in [1.54, 1.807) is 0 Å². The van der Waals surface area contributed by atoms with Gasteiger partial charge in [0.2, 0.25) is 0 Å². The van der Waals surface area contributed by atoms with Crippen LogP contribution in [0.4, 0.5) is 0 Å². The summed E-state index contributed by atoms with van der Waals surface area (Å²) in [5, 5.41) is 97.3. The van der Waals surface area contributed by atoms with Crippen LogP contribution in [0.25, 0.3) is 0 Å². The highest BCUT2D eigenvalue weighted by Crippen LogP contribution is 2.29. The second kappa shape index (κ2) is 25.0. The van der Waals surface area contributed by atoms with Gasteiger partial charge in [-0.05, 0) is 0 Å². The number of hydrogen-bond donors (Lipinski definition) is 11. The predicted octanol–water partition coefficient (Wildman–Crippen LogP) is -6.27. The Bertz CT molecular complexity index is 666. The first kappa shape index (κ1) is 41.8. The quantitative estimate of drug-likeness (QED) is 0.0659. The number of aliphatic hydroxyl groups is 10. The summed E-state index contributed by atoms with van der Waals surface area (Å²) >= 11 is 0. The van der Waals surface area contributed by atoms with Crippen molar-refractivity contribution in [2.75, 3.05) is 79.3 Å². The van der Waals surface area contributed by atoms with Crippen LogP contribution in [0.2, 0.25) is 0 Å². The molecule has 0 amide bonds. The number of rotatable bonds is 17. The summed E-state index contributed by atoms with van der Waals surface area (Å²) < 4.78 is 38.3. The van der Waals surface area contributed by atoms with E-state index in [0.717, 1.165) is 6.92 Å². The fourth-order valence-electron chi connectivity index (χ4n) is 3.80. The van der Waals surface area contributed by atoms with Crippen LogP contribution in [0.5, 0.6) is 0 Å². The first-order chi connectivity index (χ1) is 20.5. The van der Waals surface area contributed by atoms with Gasteiger partial charge in [-0.1, -0.05) is 0 Å². The van der Waals surface area contributed by atoms with E-state index < -0.39 is 74.0 Å². The van der Waals surface area contributed by atoms with Gasteiger partial charge in [0, 0.05) is 6.92 Å². The smallest absolute Gasteiger partial charge is 0.300 e. The molecule has 2 aliphatic heterocycles. The van der Waals surface area contributed by atoms with E-state index in [4.69, 9.17) is 89.4 Å². The zero-order chi connectivity index (χ0) is 32.8. The van der Waals surface area contributed by atoms with E-state index in [2.05, 4.69) is 4.74 Å². The summed E-state index contributed by atoms with van der Waals surface area (Å²) in [5.41, 5.74) is 0. The van der Waals surface area contributed by atoms with E-state index in [1.165, 1.54) is 0 Å². The Morgan fingerprint density at radius 1 is 0.605 bits per heavy atom. The molecule has 0 bridgehead atoms. The lowest BCUT2D eigenvalue weighted by Gasteiger charge is -2.45. The van der Waals surface area contributed by atoms with Crippen LogP contribution >= 0.6 is 0 Å². The third kappa shape index (κ3) is 16.1. The molecule has 11 N–H and O–H groups in total. The van der Waals surface area contributed by atoms with Crippen molar-refractivity contribution in [3.05, 3.63) is 0 Å². The van der Waals surface area contributed by atoms with E-state index in [-0.39, 0.29) is 72.7 Å². The number of aliphatic carboxylic acids is 1. The van der Waals surface area contributed by atoms with Gasteiger partial charge in [-0.2, -0.15) is 0 Å². The average Bonchev–Trinajstić information content (AvgIpc) is 2.98. The van der Waals surface area contributed by atoms with Gasteiger partial charge in [-0.3, -0.25) is 4.79 Å². The fraction of sp³-hybridized carbons (Fsp3) is 0.958. The van der Waals surface area contributed by atoms with Gasteiger partial charge < -0.3 is 89.3 Å². The zero-order valence-corrected chi connectivity index (χ0v) is 23.9. The SMILES string of the molecule is CC(=O)O.OCCOC[C@H]1O[C@H](OCCO)[C@H](OCCO)[C@@H](OCCO)[C@@H]1OCCO.OC[C@H]1O[C@H](O)[C@H](O)[C@@H](O)[C@@H]1O. The summed E-state index contributed by atoms with van der Waals surface area (Å²) in [4.78, 5) is 9.00. The Labute approximate surface area is 248 Å². The molecule has 2 saturated heterocycles. The number of ether oxygens (including phenoxy) is 7. The molecule has 0 spiro atoms. The molecule has 0 aliphatic carbocycles. The number of carboxylic acid groups (broad SMARTS) is 1. The molecule has 258 valence electrons. The van der Waals surface area contributed by atoms with Gasteiger partial charge in [0.25, 0.3) is 5.97 Å². The van der Waals surface area contributed by atoms with Crippen LogP contribution in [0, 0.1) is 0 Å². The van der Waals surface area contributed by atoms with Gasteiger partial charge in [0.05, 0.1) is 79.3 Å². The molecule has 0 radical (unpaired) electrons. The van der Waals surface area contributed by atoms with Gasteiger partial charge in [0.15, 0.2) is 12.6 Å². The first-order valence-corrected chi connectivity index (χ1v) is 13.5. The Kier molecular flexibility index (Phi) is 24.3. The summed E-state index contributed by atoms with van der Waals surface area (Å²) in [7, 11) is 0. The minimum Gasteiger partial charge on any atom is -0.481 e. The number of carbonyl (C=O) groups is 1. The molecule has 2 rings (SSSR count). The maximum Gasteiger partial charge on any atom is 0.300 e. The molecule has 43 heavy (non-hydrogen) atoms. The third-order valence-electron chi connectivity index (χ3n) is 5.55. The molecular weight excluding hydrogens is 592 g/mol. The maximum atomic E-state index is 9.13. The lowest BCUT2D eigenvalue weighted by molar-refractivity contribution is -0.325. The van der Waals surface area contributed by atoms with E-state index in [1.807, 2.05) is 0 Å². The van der Waals surface area contributed by atoms with Gasteiger partial charge in [0.1, 0.15) is 48.8 Å². The van der Waals surface area contributed by atoms with E-state index >= 15 is 0 Å². The van der Waals surface area contributed by atoms with Gasteiger partial charge in [-0.25, -0.2) is 0 Å². The summed E-state index contributed by atoms with van der Waals surface area (Å²) in [6.45, 7) is -0.376. The fourth-order valence-corrected chi connectivity index (χ4v) is 3.80. The normalized spacial score (nSPS) is 32.3. The molecule has 0 unspecified atom stereocenters. The van der Waals surface area contributed by atoms with Crippen molar-refractivity contribution in [3.63, 3.8) is 0 Å². The summed E-state index contributed by atoms with van der Waals surface area (Å²) in [5.74, 6) is -0.833. The minimum absolute atomic E-state index is 0.000423. The van der Waals surface area contributed by atoms with E-state index in [0.29, 0.717) is 0 Å². The molecule has 2 fully saturated rings. The van der Waals surface area contributed by atoms with Gasteiger partial charge >= 0.3 is 0 Å². The average molecular weight is 641 g/mol. The van der Waals surface area contributed by atoms with Crippen molar-refractivity contribution < 1.29 is 94.1 Å². The Hall–Kier alpha value is -1.21. The van der Waals surface area contributed by atoms with Crippen LogP contribution < -0.4 is 0 Å². The molecule has 19 nitrogen and oxygen atoms in total. The Morgan fingerprint density at radius 3 is 1.56 bits per heavy atom. The predicted molar refractivity (Wildman–Crippen MR) is 139 cm³/mol. The first-order valence-electron chi connectivity index (χ1n) is 13.5. The van der Waals surface area contributed by atoms with Crippen molar-refractivity contribution >= 4 is 5.97 Å². The molecule has 0 saturated carbocycles. The number of carboxylic acids is 1. The lowest BCUT2D eigenvalue weighted by atomic mass is 9.98. The van der Waals surface area contributed by atoms with Gasteiger partial charge in [-0.15, -0.1) is 0 Å². The third-order valence-corrected chi connectivity index (χ3v) is 5.55. The minimum atomic E-state index is -1.57. The highest BCUT2D eigenvalue weighted by atomic mass is 16.7. The highest BCUT2D eigenvalue weighted by Gasteiger charge is 2.49. The molecule has 0 aromatic rings. The molecular formula is C24H48O19. The van der Waals surface area contributed by atoms with Crippen LogP contribution in [0.15, 0.2) is 0 Å². The molecule has 19 heteroatoms. The maximum absolute atomic E-state index is 9.13. The molecule has 0 aromatic heterocycles.